The van der Waals surface area contributed by atoms with Gasteiger partial charge in [-0.2, -0.15) is 0 Å². The Labute approximate surface area is 155 Å². The van der Waals surface area contributed by atoms with Crippen LogP contribution < -0.4 is 4.74 Å². The zero-order chi connectivity index (χ0) is 18.7. The van der Waals surface area contributed by atoms with Crippen LogP contribution in [0, 0.1) is 20.8 Å². The number of ether oxygens (including phenoxy) is 1. The quantitative estimate of drug-likeness (QED) is 0.913. The molecule has 1 saturated heterocycles. The fourth-order valence-corrected chi connectivity index (χ4v) is 3.27. The molecule has 1 amide bonds. The van der Waals surface area contributed by atoms with Gasteiger partial charge < -0.3 is 14.7 Å². The first-order valence-corrected chi connectivity index (χ1v) is 9.15. The Bertz CT molecular complexity index is 792. The van der Waals surface area contributed by atoms with Crippen LogP contribution in [0.25, 0.3) is 0 Å². The second kappa shape index (κ2) is 7.50. The minimum atomic E-state index is -0.888. The summed E-state index contributed by atoms with van der Waals surface area (Å²) in [6.07, 6.45) is 1.05. The first kappa shape index (κ1) is 18.5. The Kier molecular flexibility index (Phi) is 5.33. The average Bonchev–Trinajstić information content (AvgIpc) is 2.63. The Morgan fingerprint density at radius 2 is 1.73 bits per heavy atom. The molecule has 0 radical (unpaired) electrons. The number of amides is 1. The number of carbonyl (C=O) groups is 1. The van der Waals surface area contributed by atoms with Gasteiger partial charge >= 0.3 is 0 Å². The maximum Gasteiger partial charge on any atom is 0.254 e. The smallest absolute Gasteiger partial charge is 0.254 e. The number of nitrogens with zero attached hydrogens (tertiary/aromatic N) is 1. The second-order valence-electron chi connectivity index (χ2n) is 7.37. The van der Waals surface area contributed by atoms with Gasteiger partial charge in [-0.15, -0.1) is 0 Å². The second-order valence-corrected chi connectivity index (χ2v) is 7.37. The lowest BCUT2D eigenvalue weighted by Gasteiger charge is -2.38. The minimum Gasteiger partial charge on any atom is -0.491 e. The third kappa shape index (κ3) is 4.07. The molecule has 0 aromatic heterocycles. The van der Waals surface area contributed by atoms with E-state index in [-0.39, 0.29) is 12.5 Å². The molecule has 4 heteroatoms. The van der Waals surface area contributed by atoms with Crippen LogP contribution in [0.5, 0.6) is 5.75 Å². The molecule has 0 bridgehead atoms. The van der Waals surface area contributed by atoms with E-state index in [0.29, 0.717) is 25.9 Å². The van der Waals surface area contributed by atoms with Gasteiger partial charge in [0.05, 0.1) is 0 Å². The fourth-order valence-electron chi connectivity index (χ4n) is 3.27. The minimum absolute atomic E-state index is 0.0419. The molecule has 1 N–H and O–H groups in total. The van der Waals surface area contributed by atoms with Crippen LogP contribution in [-0.2, 0) is 0 Å². The number of aliphatic hydroxyl groups is 1. The fraction of sp³-hybridized carbons (Fsp3) is 0.409. The molecular formula is C22H27NO3. The highest BCUT2D eigenvalue weighted by molar-refractivity contribution is 5.95. The predicted octanol–water partition coefficient (Wildman–Crippen LogP) is 3.66. The van der Waals surface area contributed by atoms with Crippen LogP contribution in [0.3, 0.4) is 0 Å². The van der Waals surface area contributed by atoms with E-state index in [1.165, 1.54) is 11.1 Å². The third-order valence-corrected chi connectivity index (χ3v) is 5.34. The van der Waals surface area contributed by atoms with Gasteiger partial charge in [-0.1, -0.05) is 24.3 Å². The summed E-state index contributed by atoms with van der Waals surface area (Å²) in [6.45, 7) is 7.40. The molecule has 1 fully saturated rings. The lowest BCUT2D eigenvalue weighted by Crippen LogP contribution is -2.49. The van der Waals surface area contributed by atoms with Crippen molar-refractivity contribution in [3.8, 4) is 5.75 Å². The SMILES string of the molecule is Cc1ccc(OCC2(O)CCN(C(=O)c3ccccc3C)CC2)cc1C. The van der Waals surface area contributed by atoms with E-state index in [9.17, 15) is 9.90 Å². The van der Waals surface area contributed by atoms with Crippen molar-refractivity contribution in [2.45, 2.75) is 39.2 Å². The summed E-state index contributed by atoms with van der Waals surface area (Å²) >= 11 is 0. The molecule has 1 aliphatic heterocycles. The van der Waals surface area contributed by atoms with E-state index in [2.05, 4.69) is 6.92 Å². The van der Waals surface area contributed by atoms with Gasteiger partial charge in [-0.05, 0) is 68.5 Å². The van der Waals surface area contributed by atoms with Crippen molar-refractivity contribution in [3.05, 3.63) is 64.7 Å². The topological polar surface area (TPSA) is 49.8 Å². The van der Waals surface area contributed by atoms with E-state index in [1.807, 2.05) is 61.2 Å². The van der Waals surface area contributed by atoms with Gasteiger partial charge in [0.1, 0.15) is 18.0 Å². The van der Waals surface area contributed by atoms with Crippen LogP contribution in [-0.4, -0.2) is 41.2 Å². The number of rotatable bonds is 4. The number of hydrogen-bond acceptors (Lipinski definition) is 3. The Morgan fingerprint density at radius 3 is 2.38 bits per heavy atom. The first-order chi connectivity index (χ1) is 12.4. The molecule has 1 aliphatic rings. The zero-order valence-electron chi connectivity index (χ0n) is 15.8. The highest BCUT2D eigenvalue weighted by Crippen LogP contribution is 2.26. The summed E-state index contributed by atoms with van der Waals surface area (Å²) in [4.78, 5) is 14.5. The average molecular weight is 353 g/mol. The van der Waals surface area contributed by atoms with Crippen molar-refractivity contribution in [2.75, 3.05) is 19.7 Å². The summed E-state index contributed by atoms with van der Waals surface area (Å²) in [7, 11) is 0. The molecule has 26 heavy (non-hydrogen) atoms. The summed E-state index contributed by atoms with van der Waals surface area (Å²) < 4.78 is 5.83. The predicted molar refractivity (Wildman–Crippen MR) is 103 cm³/mol. The van der Waals surface area contributed by atoms with Gasteiger partial charge in [-0.25, -0.2) is 0 Å². The van der Waals surface area contributed by atoms with Gasteiger partial charge in [0, 0.05) is 18.7 Å². The van der Waals surface area contributed by atoms with Crippen molar-refractivity contribution in [1.29, 1.82) is 0 Å². The standard InChI is InChI=1S/C22H27NO3/c1-16-8-9-19(14-18(16)3)26-15-22(25)10-12-23(13-11-22)21(24)20-7-5-4-6-17(20)2/h4-9,14,25H,10-13,15H2,1-3H3. The van der Waals surface area contributed by atoms with E-state index in [1.54, 1.807) is 0 Å². The van der Waals surface area contributed by atoms with Crippen LogP contribution in [0.15, 0.2) is 42.5 Å². The molecule has 3 rings (SSSR count). The number of benzene rings is 2. The highest BCUT2D eigenvalue weighted by Gasteiger charge is 2.35. The Hall–Kier alpha value is -2.33. The molecule has 0 saturated carbocycles. The Balaban J connectivity index is 1.57. The van der Waals surface area contributed by atoms with Crippen LogP contribution in [0.2, 0.25) is 0 Å². The van der Waals surface area contributed by atoms with Gasteiger partial charge in [0.25, 0.3) is 5.91 Å². The van der Waals surface area contributed by atoms with Crippen LogP contribution >= 0.6 is 0 Å². The van der Waals surface area contributed by atoms with E-state index < -0.39 is 5.60 Å². The molecule has 2 aromatic carbocycles. The Morgan fingerprint density at radius 1 is 1.04 bits per heavy atom. The normalized spacial score (nSPS) is 16.4. The molecule has 138 valence electrons. The maximum atomic E-state index is 12.7. The van der Waals surface area contributed by atoms with Crippen LogP contribution in [0.4, 0.5) is 0 Å². The molecule has 1 heterocycles. The van der Waals surface area contributed by atoms with Crippen molar-refractivity contribution in [2.24, 2.45) is 0 Å². The number of piperidine rings is 1. The summed E-state index contributed by atoms with van der Waals surface area (Å²) in [5.41, 5.74) is 3.23. The van der Waals surface area contributed by atoms with Gasteiger partial charge in [-0.3, -0.25) is 4.79 Å². The number of likely N-dealkylation sites (tertiary alicyclic amines) is 1. The number of carbonyl (C=O) groups excluding carboxylic acids is 1. The number of hydrogen-bond donors (Lipinski definition) is 1. The largest absolute Gasteiger partial charge is 0.491 e. The summed E-state index contributed by atoms with van der Waals surface area (Å²) in [5.74, 6) is 0.820. The van der Waals surface area contributed by atoms with Crippen molar-refractivity contribution >= 4 is 5.91 Å². The molecule has 4 nitrogen and oxygen atoms in total. The molecular weight excluding hydrogens is 326 g/mol. The van der Waals surface area contributed by atoms with E-state index >= 15 is 0 Å². The molecule has 2 aromatic rings. The lowest BCUT2D eigenvalue weighted by atomic mass is 9.91. The van der Waals surface area contributed by atoms with Crippen molar-refractivity contribution in [1.82, 2.24) is 4.90 Å². The molecule has 0 atom stereocenters. The van der Waals surface area contributed by atoms with E-state index in [4.69, 9.17) is 4.74 Å². The van der Waals surface area contributed by atoms with E-state index in [0.717, 1.165) is 16.9 Å². The first-order valence-electron chi connectivity index (χ1n) is 9.15. The third-order valence-electron chi connectivity index (χ3n) is 5.34. The summed E-state index contributed by atoms with van der Waals surface area (Å²) in [5, 5.41) is 10.8. The van der Waals surface area contributed by atoms with Crippen molar-refractivity contribution < 1.29 is 14.6 Å². The zero-order valence-corrected chi connectivity index (χ0v) is 15.8. The molecule has 0 unspecified atom stereocenters. The van der Waals surface area contributed by atoms with Gasteiger partial charge in [0.15, 0.2) is 0 Å². The maximum absolute atomic E-state index is 12.7. The van der Waals surface area contributed by atoms with Gasteiger partial charge in [0.2, 0.25) is 0 Å². The molecule has 0 spiro atoms. The van der Waals surface area contributed by atoms with Crippen molar-refractivity contribution in [3.63, 3.8) is 0 Å². The summed E-state index contributed by atoms with van der Waals surface area (Å²) in [6, 6.07) is 13.6. The van der Waals surface area contributed by atoms with Crippen LogP contribution in [0.1, 0.15) is 39.9 Å². The monoisotopic (exact) mass is 353 g/mol. The number of aryl methyl sites for hydroxylation is 3. The lowest BCUT2D eigenvalue weighted by molar-refractivity contribution is -0.0475. The molecule has 0 aliphatic carbocycles. The highest BCUT2D eigenvalue weighted by atomic mass is 16.5.